The monoisotopic (exact) mass is 522 g/mol. The van der Waals surface area contributed by atoms with Gasteiger partial charge in [-0.2, -0.15) is 0 Å². The summed E-state index contributed by atoms with van der Waals surface area (Å²) in [6, 6.07) is 16.3. The molecule has 2 aromatic rings. The number of ether oxygens (including phenoxy) is 2. The molecule has 208 valence electrons. The van der Waals surface area contributed by atoms with Crippen molar-refractivity contribution >= 4 is 17.6 Å². The van der Waals surface area contributed by atoms with Crippen LogP contribution in [0.5, 0.6) is 5.75 Å². The Hall–Kier alpha value is -3.02. The van der Waals surface area contributed by atoms with Crippen LogP contribution in [0.2, 0.25) is 0 Å². The Morgan fingerprint density at radius 3 is 2.45 bits per heavy atom. The molecule has 1 saturated heterocycles. The highest BCUT2D eigenvalue weighted by atomic mass is 16.5. The van der Waals surface area contributed by atoms with Gasteiger partial charge in [-0.1, -0.05) is 56.2 Å². The maximum Gasteiger partial charge on any atom is 0.311 e. The molecule has 1 unspecified atom stereocenters. The van der Waals surface area contributed by atoms with Crippen molar-refractivity contribution in [3.63, 3.8) is 0 Å². The van der Waals surface area contributed by atoms with Gasteiger partial charge in [-0.15, -0.1) is 0 Å². The van der Waals surface area contributed by atoms with Gasteiger partial charge in [0.1, 0.15) is 5.75 Å². The number of rotatable bonds is 14. The van der Waals surface area contributed by atoms with Gasteiger partial charge in [-0.05, 0) is 70.1 Å². The fraction of sp³-hybridized carbons (Fsp3) is 0.562. The molecule has 0 aliphatic carbocycles. The fourth-order valence-corrected chi connectivity index (χ4v) is 5.20. The topological polar surface area (TPSA) is 67.9 Å². The molecule has 1 heterocycles. The summed E-state index contributed by atoms with van der Waals surface area (Å²) in [5.74, 6) is 0.508. The first-order valence-electron chi connectivity index (χ1n) is 14.3. The largest absolute Gasteiger partial charge is 0.493 e. The molecule has 3 rings (SSSR count). The van der Waals surface area contributed by atoms with Crippen molar-refractivity contribution in [2.45, 2.75) is 84.6 Å². The second-order valence-corrected chi connectivity index (χ2v) is 11.0. The number of methoxy groups -OCH3 is 1. The van der Waals surface area contributed by atoms with Crippen molar-refractivity contribution in [2.24, 2.45) is 5.41 Å². The second kappa shape index (κ2) is 14.8. The first-order valence-corrected chi connectivity index (χ1v) is 14.3. The summed E-state index contributed by atoms with van der Waals surface area (Å²) in [6.45, 7) is 8.59. The van der Waals surface area contributed by atoms with E-state index in [0.29, 0.717) is 13.0 Å². The van der Waals surface area contributed by atoms with E-state index in [1.54, 1.807) is 0 Å². The van der Waals surface area contributed by atoms with Crippen LogP contribution in [0.1, 0.15) is 89.3 Å². The number of hydrogen-bond donors (Lipinski definition) is 1. The van der Waals surface area contributed by atoms with Crippen molar-refractivity contribution in [1.82, 2.24) is 5.32 Å². The van der Waals surface area contributed by atoms with Crippen LogP contribution in [-0.2, 0) is 20.7 Å². The van der Waals surface area contributed by atoms with Crippen molar-refractivity contribution in [2.75, 3.05) is 31.7 Å². The minimum Gasteiger partial charge on any atom is -0.493 e. The van der Waals surface area contributed by atoms with E-state index in [1.807, 2.05) is 38.1 Å². The van der Waals surface area contributed by atoms with E-state index in [4.69, 9.17) is 9.47 Å². The van der Waals surface area contributed by atoms with Crippen LogP contribution >= 0.6 is 0 Å². The van der Waals surface area contributed by atoms with E-state index >= 15 is 0 Å². The number of carbonyl (C=O) groups excluding carboxylic acids is 2. The van der Waals surface area contributed by atoms with Crippen LogP contribution in [0.25, 0.3) is 0 Å². The lowest BCUT2D eigenvalue weighted by Crippen LogP contribution is -2.34. The zero-order chi connectivity index (χ0) is 27.4. The highest BCUT2D eigenvalue weighted by Crippen LogP contribution is 2.32. The molecule has 0 spiro atoms. The first-order chi connectivity index (χ1) is 18.4. The summed E-state index contributed by atoms with van der Waals surface area (Å²) in [7, 11) is 1.42. The van der Waals surface area contributed by atoms with Crippen molar-refractivity contribution < 1.29 is 19.1 Å². The predicted octanol–water partition coefficient (Wildman–Crippen LogP) is 6.63. The van der Waals surface area contributed by atoms with Gasteiger partial charge in [-0.3, -0.25) is 9.59 Å². The maximum absolute atomic E-state index is 13.3. The van der Waals surface area contributed by atoms with E-state index < -0.39 is 5.41 Å². The molecular weight excluding hydrogens is 476 g/mol. The van der Waals surface area contributed by atoms with Gasteiger partial charge in [0.25, 0.3) is 0 Å². The maximum atomic E-state index is 13.3. The lowest BCUT2D eigenvalue weighted by Gasteiger charge is -2.33. The molecule has 1 amide bonds. The molecule has 1 fully saturated rings. The minimum absolute atomic E-state index is 0.00225. The summed E-state index contributed by atoms with van der Waals surface area (Å²) in [4.78, 5) is 27.7. The van der Waals surface area contributed by atoms with Crippen molar-refractivity contribution in [1.29, 1.82) is 0 Å². The second-order valence-electron chi connectivity index (χ2n) is 11.0. The number of esters is 1. The van der Waals surface area contributed by atoms with Crippen LogP contribution in [0.15, 0.2) is 48.5 Å². The smallest absolute Gasteiger partial charge is 0.311 e. The Labute approximate surface area is 229 Å². The molecule has 0 radical (unpaired) electrons. The summed E-state index contributed by atoms with van der Waals surface area (Å²) in [6.07, 6.45) is 8.43. The van der Waals surface area contributed by atoms with E-state index in [-0.39, 0.29) is 24.3 Å². The van der Waals surface area contributed by atoms with Crippen LogP contribution in [0.3, 0.4) is 0 Å². The Balaban J connectivity index is 1.65. The zero-order valence-electron chi connectivity index (χ0n) is 23.8. The van der Waals surface area contributed by atoms with Crippen LogP contribution < -0.4 is 15.0 Å². The molecule has 2 aromatic carbocycles. The van der Waals surface area contributed by atoms with Crippen LogP contribution in [0.4, 0.5) is 5.69 Å². The molecule has 1 atom stereocenters. The van der Waals surface area contributed by atoms with Crippen molar-refractivity contribution in [3.8, 4) is 5.75 Å². The normalized spacial score (nSPS) is 14.6. The number of piperidine rings is 1. The molecule has 0 bridgehead atoms. The Kier molecular flexibility index (Phi) is 11.5. The van der Waals surface area contributed by atoms with Crippen LogP contribution in [-0.4, -0.2) is 38.7 Å². The molecule has 0 saturated carbocycles. The number of amides is 1. The Bertz CT molecular complexity index is 1030. The molecule has 0 aromatic heterocycles. The molecule has 38 heavy (non-hydrogen) atoms. The number of unbranched alkanes of at least 4 members (excludes halogenated alkanes) is 1. The number of benzene rings is 2. The molecule has 6 heteroatoms. The number of nitrogens with zero attached hydrogens (tertiary/aromatic N) is 1. The number of nitrogens with one attached hydrogen (secondary N) is 1. The average molecular weight is 523 g/mol. The summed E-state index contributed by atoms with van der Waals surface area (Å²) in [5, 5.41) is 3.36. The first kappa shape index (κ1) is 29.5. The quantitative estimate of drug-likeness (QED) is 0.223. The predicted molar refractivity (Wildman–Crippen MR) is 154 cm³/mol. The summed E-state index contributed by atoms with van der Waals surface area (Å²) in [5.41, 5.74) is 2.80. The lowest BCUT2D eigenvalue weighted by molar-refractivity contribution is -0.151. The minimum atomic E-state index is -0.546. The Morgan fingerprint density at radius 2 is 1.71 bits per heavy atom. The number of anilines is 1. The molecule has 1 aliphatic rings. The van der Waals surface area contributed by atoms with Gasteiger partial charge in [-0.25, -0.2) is 0 Å². The summed E-state index contributed by atoms with van der Waals surface area (Å²) < 4.78 is 11.0. The van der Waals surface area contributed by atoms with E-state index in [0.717, 1.165) is 50.1 Å². The molecular formula is C32H46N2O4. The SMILES string of the molecule is CCCCC(NC(=O)Cc1ccccc1OCCCC(C)(C)C(=O)OC)c1ccccc1N1CCCCC1. The van der Waals surface area contributed by atoms with E-state index in [2.05, 4.69) is 41.4 Å². The van der Waals surface area contributed by atoms with Gasteiger partial charge in [0, 0.05) is 24.3 Å². The molecule has 1 aliphatic heterocycles. The van der Waals surface area contributed by atoms with Crippen LogP contribution in [0, 0.1) is 5.41 Å². The van der Waals surface area contributed by atoms with Gasteiger partial charge >= 0.3 is 5.97 Å². The van der Waals surface area contributed by atoms with Crippen molar-refractivity contribution in [3.05, 3.63) is 59.7 Å². The van der Waals surface area contributed by atoms with E-state index in [1.165, 1.54) is 37.6 Å². The standard InChI is InChI=1S/C32H46N2O4/c1-5-6-17-27(26-16-9-10-18-28(26)34-21-12-7-13-22-34)33-30(35)24-25-15-8-11-19-29(25)38-23-14-20-32(2,3)31(36)37-4/h8-11,15-16,18-19,27H,5-7,12-14,17,20-24H2,1-4H3,(H,33,35). The lowest BCUT2D eigenvalue weighted by atomic mass is 9.88. The molecule has 1 N–H and O–H groups in total. The highest BCUT2D eigenvalue weighted by molar-refractivity contribution is 5.80. The van der Waals surface area contributed by atoms with Gasteiger partial charge < -0.3 is 19.7 Å². The third-order valence-electron chi connectivity index (χ3n) is 7.46. The van der Waals surface area contributed by atoms with Gasteiger partial charge in [0.05, 0.1) is 31.6 Å². The number of para-hydroxylation sites is 2. The number of hydrogen-bond acceptors (Lipinski definition) is 5. The van der Waals surface area contributed by atoms with Gasteiger partial charge in [0.15, 0.2) is 0 Å². The zero-order valence-corrected chi connectivity index (χ0v) is 23.8. The third kappa shape index (κ3) is 8.50. The Morgan fingerprint density at radius 1 is 1.00 bits per heavy atom. The summed E-state index contributed by atoms with van der Waals surface area (Å²) >= 11 is 0. The highest BCUT2D eigenvalue weighted by Gasteiger charge is 2.28. The van der Waals surface area contributed by atoms with E-state index in [9.17, 15) is 9.59 Å². The van der Waals surface area contributed by atoms with Gasteiger partial charge in [0.2, 0.25) is 5.91 Å². The average Bonchev–Trinajstić information content (AvgIpc) is 2.94. The number of carbonyl (C=O) groups is 2. The molecule has 6 nitrogen and oxygen atoms in total. The third-order valence-corrected chi connectivity index (χ3v) is 7.46. The fourth-order valence-electron chi connectivity index (χ4n) is 5.20.